The van der Waals surface area contributed by atoms with E-state index in [9.17, 15) is 0 Å². The zero-order valence-electron chi connectivity index (χ0n) is 8.45. The molecule has 16 heavy (non-hydrogen) atoms. The van der Waals surface area contributed by atoms with Crippen LogP contribution in [0.2, 0.25) is 5.28 Å². The Balaban J connectivity index is 2.49. The SMILES string of the molecule is COc1cccc(-c2cc(Br)nc(Cl)n2)c1. The van der Waals surface area contributed by atoms with Crippen LogP contribution in [0.3, 0.4) is 0 Å². The van der Waals surface area contributed by atoms with E-state index in [2.05, 4.69) is 25.9 Å². The Morgan fingerprint density at radius 3 is 2.75 bits per heavy atom. The van der Waals surface area contributed by atoms with Gasteiger partial charge in [0.1, 0.15) is 10.4 Å². The molecule has 0 fully saturated rings. The lowest BCUT2D eigenvalue weighted by molar-refractivity contribution is 0.415. The lowest BCUT2D eigenvalue weighted by Crippen LogP contribution is -1.89. The minimum Gasteiger partial charge on any atom is -0.497 e. The van der Waals surface area contributed by atoms with Crippen LogP contribution in [-0.4, -0.2) is 17.1 Å². The van der Waals surface area contributed by atoms with E-state index in [-0.39, 0.29) is 5.28 Å². The molecule has 3 nitrogen and oxygen atoms in total. The molecule has 0 aliphatic rings. The highest BCUT2D eigenvalue weighted by molar-refractivity contribution is 9.10. The van der Waals surface area contributed by atoms with Gasteiger partial charge in [0.15, 0.2) is 0 Å². The number of hydrogen-bond donors (Lipinski definition) is 0. The summed E-state index contributed by atoms with van der Waals surface area (Å²) in [7, 11) is 1.63. The third-order valence-corrected chi connectivity index (χ3v) is 2.61. The predicted molar refractivity (Wildman–Crippen MR) is 66.7 cm³/mol. The normalized spacial score (nSPS) is 10.2. The van der Waals surface area contributed by atoms with Crippen molar-refractivity contribution in [2.75, 3.05) is 7.11 Å². The molecule has 2 aromatic rings. The molecule has 0 N–H and O–H groups in total. The van der Waals surface area contributed by atoms with Gasteiger partial charge in [0.05, 0.1) is 12.8 Å². The summed E-state index contributed by atoms with van der Waals surface area (Å²) in [4.78, 5) is 8.09. The molecule has 0 saturated carbocycles. The van der Waals surface area contributed by atoms with Crippen LogP contribution in [0, 0.1) is 0 Å². The van der Waals surface area contributed by atoms with Crippen LogP contribution in [0.25, 0.3) is 11.3 Å². The number of nitrogens with zero attached hydrogens (tertiary/aromatic N) is 2. The average molecular weight is 300 g/mol. The van der Waals surface area contributed by atoms with Crippen molar-refractivity contribution in [2.24, 2.45) is 0 Å². The molecule has 0 saturated heterocycles. The van der Waals surface area contributed by atoms with Crippen molar-refractivity contribution in [1.82, 2.24) is 9.97 Å². The lowest BCUT2D eigenvalue weighted by Gasteiger charge is -2.04. The zero-order valence-corrected chi connectivity index (χ0v) is 10.8. The van der Waals surface area contributed by atoms with Crippen molar-refractivity contribution >= 4 is 27.5 Å². The van der Waals surface area contributed by atoms with E-state index < -0.39 is 0 Å². The maximum absolute atomic E-state index is 5.79. The molecule has 0 unspecified atom stereocenters. The number of aromatic nitrogens is 2. The van der Waals surface area contributed by atoms with E-state index in [0.717, 1.165) is 17.0 Å². The van der Waals surface area contributed by atoms with Crippen LogP contribution in [0.1, 0.15) is 0 Å². The van der Waals surface area contributed by atoms with Gasteiger partial charge < -0.3 is 4.74 Å². The third kappa shape index (κ3) is 2.51. The van der Waals surface area contributed by atoms with Crippen LogP contribution in [0.4, 0.5) is 0 Å². The Hall–Kier alpha value is -1.13. The van der Waals surface area contributed by atoms with E-state index in [0.29, 0.717) is 4.60 Å². The van der Waals surface area contributed by atoms with E-state index >= 15 is 0 Å². The largest absolute Gasteiger partial charge is 0.497 e. The van der Waals surface area contributed by atoms with Gasteiger partial charge in [-0.3, -0.25) is 0 Å². The summed E-state index contributed by atoms with van der Waals surface area (Å²) in [5, 5.41) is 0.215. The lowest BCUT2D eigenvalue weighted by atomic mass is 10.1. The Bertz CT molecular complexity index is 499. The number of halogens is 2. The Morgan fingerprint density at radius 1 is 1.25 bits per heavy atom. The first kappa shape index (κ1) is 11.4. The van der Waals surface area contributed by atoms with Crippen molar-refractivity contribution in [3.05, 3.63) is 40.2 Å². The number of ether oxygens (including phenoxy) is 1. The Kier molecular flexibility index (Phi) is 3.41. The molecule has 1 aromatic heterocycles. The van der Waals surface area contributed by atoms with Gasteiger partial charge in [0.2, 0.25) is 5.28 Å². The van der Waals surface area contributed by atoms with Gasteiger partial charge >= 0.3 is 0 Å². The van der Waals surface area contributed by atoms with Crippen molar-refractivity contribution < 1.29 is 4.74 Å². The summed E-state index contributed by atoms with van der Waals surface area (Å²) in [5.41, 5.74) is 1.69. The summed E-state index contributed by atoms with van der Waals surface area (Å²) in [6.45, 7) is 0. The molecule has 0 aliphatic carbocycles. The van der Waals surface area contributed by atoms with Gasteiger partial charge in [-0.2, -0.15) is 0 Å². The quantitative estimate of drug-likeness (QED) is 0.628. The highest BCUT2D eigenvalue weighted by atomic mass is 79.9. The highest BCUT2D eigenvalue weighted by Crippen LogP contribution is 2.24. The highest BCUT2D eigenvalue weighted by Gasteiger charge is 2.04. The van der Waals surface area contributed by atoms with Crippen LogP contribution in [0.15, 0.2) is 34.9 Å². The van der Waals surface area contributed by atoms with Gasteiger partial charge in [0.25, 0.3) is 0 Å². The fourth-order valence-electron chi connectivity index (χ4n) is 1.32. The molecule has 0 amide bonds. The summed E-state index contributed by atoms with van der Waals surface area (Å²) >= 11 is 9.07. The molecule has 0 aliphatic heterocycles. The monoisotopic (exact) mass is 298 g/mol. The molecule has 1 heterocycles. The van der Waals surface area contributed by atoms with Crippen LogP contribution in [0.5, 0.6) is 5.75 Å². The second-order valence-corrected chi connectivity index (χ2v) is 4.23. The van der Waals surface area contributed by atoms with Crippen molar-refractivity contribution in [3.63, 3.8) is 0 Å². The minimum atomic E-state index is 0.215. The first-order valence-electron chi connectivity index (χ1n) is 4.53. The summed E-state index contributed by atoms with van der Waals surface area (Å²) in [5.74, 6) is 0.781. The van der Waals surface area contributed by atoms with Gasteiger partial charge in [-0.25, -0.2) is 9.97 Å². The topological polar surface area (TPSA) is 35.0 Å². The molecule has 0 bridgehead atoms. The second kappa shape index (κ2) is 4.80. The molecule has 0 spiro atoms. The van der Waals surface area contributed by atoms with Gasteiger partial charge in [-0.15, -0.1) is 0 Å². The van der Waals surface area contributed by atoms with Gasteiger partial charge in [-0.05, 0) is 45.7 Å². The van der Waals surface area contributed by atoms with Crippen LogP contribution < -0.4 is 4.74 Å². The molecule has 1 aromatic carbocycles. The maximum Gasteiger partial charge on any atom is 0.223 e. The van der Waals surface area contributed by atoms with E-state index in [1.165, 1.54) is 0 Å². The maximum atomic E-state index is 5.79. The first-order valence-corrected chi connectivity index (χ1v) is 5.70. The zero-order chi connectivity index (χ0) is 11.5. The van der Waals surface area contributed by atoms with Crippen LogP contribution in [-0.2, 0) is 0 Å². The number of methoxy groups -OCH3 is 1. The molecule has 0 atom stereocenters. The van der Waals surface area contributed by atoms with E-state index in [1.807, 2.05) is 24.3 Å². The van der Waals surface area contributed by atoms with Crippen molar-refractivity contribution in [2.45, 2.75) is 0 Å². The second-order valence-electron chi connectivity index (χ2n) is 3.08. The molecule has 5 heteroatoms. The minimum absolute atomic E-state index is 0.215. The smallest absolute Gasteiger partial charge is 0.223 e. The first-order chi connectivity index (χ1) is 7.69. The molecule has 2 rings (SSSR count). The molecule has 82 valence electrons. The fraction of sp³-hybridized carbons (Fsp3) is 0.0909. The van der Waals surface area contributed by atoms with Gasteiger partial charge in [-0.1, -0.05) is 12.1 Å². The molecule has 0 radical (unpaired) electrons. The molecular weight excluding hydrogens is 291 g/mol. The average Bonchev–Trinajstić information content (AvgIpc) is 2.28. The summed E-state index contributed by atoms with van der Waals surface area (Å²) < 4.78 is 5.81. The Labute approximate surface area is 107 Å². The van der Waals surface area contributed by atoms with Gasteiger partial charge in [0, 0.05) is 5.56 Å². The standard InChI is InChI=1S/C11H8BrClN2O/c1-16-8-4-2-3-7(5-8)9-6-10(12)15-11(13)14-9/h2-6H,1H3. The van der Waals surface area contributed by atoms with Crippen LogP contribution >= 0.6 is 27.5 Å². The number of hydrogen-bond acceptors (Lipinski definition) is 3. The molecular formula is C11H8BrClN2O. The van der Waals surface area contributed by atoms with E-state index in [4.69, 9.17) is 16.3 Å². The van der Waals surface area contributed by atoms with E-state index in [1.54, 1.807) is 13.2 Å². The summed E-state index contributed by atoms with van der Waals surface area (Å²) in [6.07, 6.45) is 0. The van der Waals surface area contributed by atoms with Crippen molar-refractivity contribution in [3.8, 4) is 17.0 Å². The number of benzene rings is 1. The Morgan fingerprint density at radius 2 is 2.06 bits per heavy atom. The summed E-state index contributed by atoms with van der Waals surface area (Å²) in [6, 6.07) is 9.42. The predicted octanol–water partition coefficient (Wildman–Crippen LogP) is 3.57. The number of rotatable bonds is 2. The van der Waals surface area contributed by atoms with Crippen molar-refractivity contribution in [1.29, 1.82) is 0 Å². The fourth-order valence-corrected chi connectivity index (χ4v) is 1.99. The third-order valence-electron chi connectivity index (χ3n) is 2.03.